The Morgan fingerprint density at radius 1 is 0.500 bits per heavy atom. The van der Waals surface area contributed by atoms with E-state index < -0.39 is 25.5 Å². The molecular weight excluding hydrogens is 540 g/mol. The first-order valence-corrected chi connectivity index (χ1v) is 16.0. The molecule has 5 rings (SSSR count). The van der Waals surface area contributed by atoms with Gasteiger partial charge in [-0.2, -0.15) is 0 Å². The van der Waals surface area contributed by atoms with Gasteiger partial charge in [-0.15, -0.1) is 0 Å². The van der Waals surface area contributed by atoms with Gasteiger partial charge in [-0.25, -0.2) is 16.8 Å². The maximum atomic E-state index is 13.8. The van der Waals surface area contributed by atoms with Crippen molar-refractivity contribution in [2.24, 2.45) is 0 Å². The number of benzene rings is 4. The molecular formula is C33H32O5S2. The molecule has 206 valence electrons. The fraction of sp³-hybridized carbons (Fsp3) is 0.242. The molecule has 0 aromatic heterocycles. The van der Waals surface area contributed by atoms with Crippen molar-refractivity contribution >= 4 is 25.5 Å². The Labute approximate surface area is 236 Å². The zero-order valence-electron chi connectivity index (χ0n) is 23.4. The smallest absolute Gasteiger partial charge is 0.207 e. The molecule has 4 aromatic rings. The van der Waals surface area contributed by atoms with Crippen molar-refractivity contribution in [3.05, 3.63) is 107 Å². The highest BCUT2D eigenvalue weighted by atomic mass is 32.2. The number of ketones is 1. The molecule has 0 N–H and O–H groups in total. The summed E-state index contributed by atoms with van der Waals surface area (Å²) in [6, 6.07) is 22.5. The van der Waals surface area contributed by atoms with Gasteiger partial charge in [0.05, 0.1) is 19.6 Å². The van der Waals surface area contributed by atoms with E-state index in [0.29, 0.717) is 11.1 Å². The Morgan fingerprint density at radius 3 is 1.48 bits per heavy atom. The lowest BCUT2D eigenvalue weighted by atomic mass is 9.87. The predicted molar refractivity (Wildman–Crippen MR) is 156 cm³/mol. The standard InChI is InChI=1S/C33H32O5S2/c1-32(2,3)21-10-14-23(15-11-21)39(35,36)25-18-19-26-28(20-25)31(34)27-8-7-9-29(30(26)27)40(37,38)24-16-12-22(13-17-24)33(4,5)6/h7-20H,1-6H3. The number of rotatable bonds is 4. The first kappa shape index (κ1) is 28.0. The van der Waals surface area contributed by atoms with Crippen LogP contribution in [0.1, 0.15) is 68.6 Å². The van der Waals surface area contributed by atoms with Crippen LogP contribution in [-0.4, -0.2) is 22.6 Å². The average molecular weight is 573 g/mol. The van der Waals surface area contributed by atoms with Gasteiger partial charge in [0, 0.05) is 16.7 Å². The van der Waals surface area contributed by atoms with Crippen LogP contribution in [0.25, 0.3) is 11.1 Å². The Morgan fingerprint density at radius 2 is 0.975 bits per heavy atom. The van der Waals surface area contributed by atoms with E-state index in [-0.39, 0.29) is 41.5 Å². The highest BCUT2D eigenvalue weighted by Gasteiger charge is 2.35. The number of fused-ring (bicyclic) bond motifs is 3. The van der Waals surface area contributed by atoms with E-state index in [4.69, 9.17) is 0 Å². The fourth-order valence-electron chi connectivity index (χ4n) is 4.99. The molecule has 0 radical (unpaired) electrons. The number of hydrogen-bond donors (Lipinski definition) is 0. The second-order valence-corrected chi connectivity index (χ2v) is 16.1. The summed E-state index contributed by atoms with van der Waals surface area (Å²) in [5.74, 6) is -0.398. The van der Waals surface area contributed by atoms with Crippen molar-refractivity contribution in [2.45, 2.75) is 72.0 Å². The van der Waals surface area contributed by atoms with E-state index in [1.165, 1.54) is 24.3 Å². The summed E-state index contributed by atoms with van der Waals surface area (Å²) >= 11 is 0. The van der Waals surface area contributed by atoms with Gasteiger partial charge in [-0.05, 0) is 70.0 Å². The molecule has 0 atom stereocenters. The van der Waals surface area contributed by atoms with Crippen molar-refractivity contribution in [1.29, 1.82) is 0 Å². The van der Waals surface area contributed by atoms with Gasteiger partial charge >= 0.3 is 0 Å². The monoisotopic (exact) mass is 572 g/mol. The number of carbonyl (C=O) groups is 1. The van der Waals surface area contributed by atoms with Gasteiger partial charge < -0.3 is 0 Å². The molecule has 0 unspecified atom stereocenters. The van der Waals surface area contributed by atoms with Crippen LogP contribution in [0.15, 0.2) is 105 Å². The summed E-state index contributed by atoms with van der Waals surface area (Å²) in [5.41, 5.74) is 2.89. The van der Waals surface area contributed by atoms with E-state index in [2.05, 4.69) is 41.5 Å². The molecule has 0 aliphatic heterocycles. The molecule has 0 bridgehead atoms. The predicted octanol–water partition coefficient (Wildman–Crippen LogP) is 7.16. The summed E-state index contributed by atoms with van der Waals surface area (Å²) in [4.78, 5) is 13.7. The Hall–Kier alpha value is -3.55. The van der Waals surface area contributed by atoms with Crippen molar-refractivity contribution in [2.75, 3.05) is 0 Å². The molecule has 0 saturated carbocycles. The van der Waals surface area contributed by atoms with E-state index in [9.17, 15) is 21.6 Å². The molecule has 0 heterocycles. The molecule has 1 aliphatic rings. The number of sulfone groups is 2. The Kier molecular flexibility index (Phi) is 6.47. The van der Waals surface area contributed by atoms with Gasteiger partial charge in [0.15, 0.2) is 5.78 Å². The lowest BCUT2D eigenvalue weighted by molar-refractivity contribution is 0.104. The minimum atomic E-state index is -3.96. The average Bonchev–Trinajstić information content (AvgIpc) is 3.19. The summed E-state index contributed by atoms with van der Waals surface area (Å²) in [5, 5.41) is 0. The SMILES string of the molecule is CC(C)(C)c1ccc(S(=O)(=O)c2ccc3c(c2)C(=O)c2cccc(S(=O)(=O)c4ccc(C(C)(C)C)cc4)c2-3)cc1. The number of hydrogen-bond acceptors (Lipinski definition) is 5. The zero-order chi connectivity index (χ0) is 29.3. The highest BCUT2D eigenvalue weighted by molar-refractivity contribution is 7.92. The molecule has 0 saturated heterocycles. The van der Waals surface area contributed by atoms with E-state index in [1.807, 2.05) is 0 Å². The normalized spacial score (nSPS) is 13.7. The summed E-state index contributed by atoms with van der Waals surface area (Å²) < 4.78 is 54.5. The molecule has 4 aromatic carbocycles. The minimum absolute atomic E-state index is 0.0157. The minimum Gasteiger partial charge on any atom is -0.289 e. The van der Waals surface area contributed by atoms with Crippen LogP contribution in [0.4, 0.5) is 0 Å². The van der Waals surface area contributed by atoms with Crippen molar-refractivity contribution in [1.82, 2.24) is 0 Å². The highest BCUT2D eigenvalue weighted by Crippen LogP contribution is 2.43. The zero-order valence-corrected chi connectivity index (χ0v) is 25.1. The molecule has 0 spiro atoms. The maximum absolute atomic E-state index is 13.8. The maximum Gasteiger partial charge on any atom is 0.207 e. The summed E-state index contributed by atoms with van der Waals surface area (Å²) in [6.45, 7) is 12.3. The first-order valence-electron chi connectivity index (χ1n) is 13.1. The molecule has 1 aliphatic carbocycles. The largest absolute Gasteiger partial charge is 0.289 e. The Balaban J connectivity index is 1.58. The molecule has 0 amide bonds. The number of carbonyl (C=O) groups excluding carboxylic acids is 1. The third kappa shape index (κ3) is 4.61. The summed E-state index contributed by atoms with van der Waals surface area (Å²) in [7, 11) is -7.86. The quantitative estimate of drug-likeness (QED) is 0.228. The van der Waals surface area contributed by atoms with E-state index in [0.717, 1.165) is 11.1 Å². The van der Waals surface area contributed by atoms with Crippen molar-refractivity contribution < 1.29 is 21.6 Å². The van der Waals surface area contributed by atoms with E-state index in [1.54, 1.807) is 60.7 Å². The van der Waals surface area contributed by atoms with E-state index >= 15 is 0 Å². The van der Waals surface area contributed by atoms with Crippen molar-refractivity contribution in [3.63, 3.8) is 0 Å². The third-order valence-electron chi connectivity index (χ3n) is 7.44. The van der Waals surface area contributed by atoms with Crippen LogP contribution in [0.3, 0.4) is 0 Å². The first-order chi connectivity index (χ1) is 18.5. The van der Waals surface area contributed by atoms with Gasteiger partial charge in [0.25, 0.3) is 0 Å². The van der Waals surface area contributed by atoms with Gasteiger partial charge in [0.1, 0.15) is 0 Å². The fourth-order valence-corrected chi connectivity index (χ4v) is 7.78. The third-order valence-corrected chi connectivity index (χ3v) is 11.0. The lowest BCUT2D eigenvalue weighted by Gasteiger charge is -2.19. The lowest BCUT2D eigenvalue weighted by Crippen LogP contribution is -2.11. The molecule has 40 heavy (non-hydrogen) atoms. The van der Waals surface area contributed by atoms with Gasteiger partial charge in [-0.1, -0.05) is 84.0 Å². The van der Waals surface area contributed by atoms with Crippen LogP contribution in [-0.2, 0) is 30.5 Å². The van der Waals surface area contributed by atoms with Crippen LogP contribution in [0.5, 0.6) is 0 Å². The summed E-state index contributed by atoms with van der Waals surface area (Å²) in [6.07, 6.45) is 0. The van der Waals surface area contributed by atoms with Gasteiger partial charge in [0.2, 0.25) is 19.7 Å². The van der Waals surface area contributed by atoms with Crippen molar-refractivity contribution in [3.8, 4) is 11.1 Å². The van der Waals surface area contributed by atoms with Crippen LogP contribution in [0.2, 0.25) is 0 Å². The second-order valence-electron chi connectivity index (χ2n) is 12.3. The topological polar surface area (TPSA) is 85.3 Å². The van der Waals surface area contributed by atoms with Crippen LogP contribution >= 0.6 is 0 Å². The Bertz CT molecular complexity index is 1870. The molecule has 0 fully saturated rings. The van der Waals surface area contributed by atoms with Crippen LogP contribution < -0.4 is 0 Å². The second kappa shape index (κ2) is 9.25. The molecule has 5 nitrogen and oxygen atoms in total. The van der Waals surface area contributed by atoms with Crippen LogP contribution in [0, 0.1) is 0 Å². The molecule has 7 heteroatoms. The van der Waals surface area contributed by atoms with Gasteiger partial charge in [-0.3, -0.25) is 4.79 Å².